The number of sulfonamides is 1. The Bertz CT molecular complexity index is 1320. The molecule has 0 aliphatic carbocycles. The zero-order valence-electron chi connectivity index (χ0n) is 24.2. The predicted octanol–water partition coefficient (Wildman–Crippen LogP) is 5.64. The lowest BCUT2D eigenvalue weighted by atomic mass is 9.79. The van der Waals surface area contributed by atoms with Gasteiger partial charge in [0.25, 0.3) is 0 Å². The number of methoxy groups -OCH3 is 1. The van der Waals surface area contributed by atoms with Crippen LogP contribution in [0.2, 0.25) is 0 Å². The first kappa shape index (κ1) is 28.7. The van der Waals surface area contributed by atoms with Gasteiger partial charge in [-0.15, -0.1) is 0 Å². The number of nitrogens with one attached hydrogen (secondary N) is 1. The molecular weight excluding hydrogens is 518 g/mol. The summed E-state index contributed by atoms with van der Waals surface area (Å²) in [6.45, 7) is 6.63. The normalized spacial score (nSPS) is 22.9. The van der Waals surface area contributed by atoms with Gasteiger partial charge in [0, 0.05) is 42.7 Å². The molecule has 7 heteroatoms. The number of ether oxygens (including phenoxy) is 1. The third-order valence-electron chi connectivity index (χ3n) is 8.57. The lowest BCUT2D eigenvalue weighted by molar-refractivity contribution is 0.208. The van der Waals surface area contributed by atoms with Crippen molar-refractivity contribution in [2.75, 3.05) is 30.8 Å². The summed E-state index contributed by atoms with van der Waals surface area (Å²) in [6, 6.07) is 28.0. The van der Waals surface area contributed by atoms with E-state index in [9.17, 15) is 8.42 Å². The summed E-state index contributed by atoms with van der Waals surface area (Å²) in [5, 5.41) is 3.99. The fourth-order valence-corrected chi connectivity index (χ4v) is 8.29. The number of nitrogens with zero attached hydrogens (tertiary/aromatic N) is 2. The second-order valence-corrected chi connectivity index (χ2v) is 13.5. The van der Waals surface area contributed by atoms with Gasteiger partial charge < -0.3 is 10.1 Å². The van der Waals surface area contributed by atoms with Crippen molar-refractivity contribution in [3.63, 3.8) is 0 Å². The van der Waals surface area contributed by atoms with E-state index < -0.39 is 10.0 Å². The third-order valence-corrected chi connectivity index (χ3v) is 9.92. The molecule has 5 rings (SSSR count). The molecule has 2 saturated heterocycles. The Morgan fingerprint density at radius 3 is 2.20 bits per heavy atom. The van der Waals surface area contributed by atoms with Crippen LogP contribution in [0.15, 0.2) is 78.9 Å². The zero-order valence-corrected chi connectivity index (χ0v) is 25.0. The largest absolute Gasteiger partial charge is 0.496 e. The van der Waals surface area contributed by atoms with Crippen LogP contribution in [0.25, 0.3) is 0 Å². The predicted molar refractivity (Wildman–Crippen MR) is 164 cm³/mol. The molecule has 2 heterocycles. The topological polar surface area (TPSA) is 61.9 Å². The van der Waals surface area contributed by atoms with Crippen LogP contribution in [0.1, 0.15) is 55.7 Å². The minimum Gasteiger partial charge on any atom is -0.496 e. The molecule has 0 aromatic heterocycles. The highest BCUT2D eigenvalue weighted by Crippen LogP contribution is 2.42. The van der Waals surface area contributed by atoms with Crippen LogP contribution in [0, 0.1) is 5.92 Å². The summed E-state index contributed by atoms with van der Waals surface area (Å²) in [7, 11) is -1.74. The van der Waals surface area contributed by atoms with Crippen LogP contribution < -0.4 is 14.4 Å². The van der Waals surface area contributed by atoms with Gasteiger partial charge in [0.05, 0.1) is 19.1 Å². The van der Waals surface area contributed by atoms with Gasteiger partial charge >= 0.3 is 0 Å². The molecule has 6 nitrogen and oxygen atoms in total. The van der Waals surface area contributed by atoms with Crippen molar-refractivity contribution in [3.8, 4) is 5.75 Å². The van der Waals surface area contributed by atoms with E-state index in [1.807, 2.05) is 32.0 Å². The third kappa shape index (κ3) is 6.07. The maximum atomic E-state index is 12.6. The molecule has 2 fully saturated rings. The van der Waals surface area contributed by atoms with E-state index in [-0.39, 0.29) is 18.0 Å². The lowest BCUT2D eigenvalue weighted by Gasteiger charge is -2.38. The van der Waals surface area contributed by atoms with Gasteiger partial charge in [0.2, 0.25) is 10.0 Å². The van der Waals surface area contributed by atoms with Crippen LogP contribution in [0.5, 0.6) is 5.75 Å². The zero-order chi connectivity index (χ0) is 28.3. The van der Waals surface area contributed by atoms with Crippen molar-refractivity contribution in [2.24, 2.45) is 5.92 Å². The second-order valence-electron chi connectivity index (χ2n) is 11.6. The van der Waals surface area contributed by atoms with Crippen LogP contribution >= 0.6 is 0 Å². The van der Waals surface area contributed by atoms with E-state index in [0.29, 0.717) is 24.2 Å². The molecular formula is C33H43N3O3S. The molecule has 3 aromatic carbocycles. The number of hydrogen-bond donors (Lipinski definition) is 1. The number of benzene rings is 3. The maximum Gasteiger partial charge on any atom is 0.232 e. The second kappa shape index (κ2) is 12.3. The van der Waals surface area contributed by atoms with Gasteiger partial charge in [-0.3, -0.25) is 9.21 Å². The Labute approximate surface area is 240 Å². The molecule has 0 amide bonds. The molecule has 2 bridgehead atoms. The smallest absolute Gasteiger partial charge is 0.232 e. The lowest BCUT2D eigenvalue weighted by Crippen LogP contribution is -2.48. The number of rotatable bonds is 10. The van der Waals surface area contributed by atoms with Gasteiger partial charge in [-0.25, -0.2) is 8.42 Å². The van der Waals surface area contributed by atoms with Gasteiger partial charge in [-0.05, 0) is 68.5 Å². The minimum absolute atomic E-state index is 0.184. The van der Waals surface area contributed by atoms with Crippen molar-refractivity contribution in [1.82, 2.24) is 10.2 Å². The molecule has 40 heavy (non-hydrogen) atoms. The molecule has 2 aliphatic heterocycles. The summed E-state index contributed by atoms with van der Waals surface area (Å²) < 4.78 is 32.5. The van der Waals surface area contributed by atoms with Gasteiger partial charge in [-0.1, -0.05) is 67.1 Å². The number of anilines is 1. The van der Waals surface area contributed by atoms with Crippen molar-refractivity contribution >= 4 is 15.7 Å². The molecule has 0 saturated carbocycles. The minimum atomic E-state index is -3.42. The maximum absolute atomic E-state index is 12.6. The van der Waals surface area contributed by atoms with E-state index in [2.05, 4.69) is 70.9 Å². The van der Waals surface area contributed by atoms with Crippen molar-refractivity contribution in [2.45, 2.75) is 63.7 Å². The van der Waals surface area contributed by atoms with Crippen molar-refractivity contribution in [1.29, 1.82) is 0 Å². The van der Waals surface area contributed by atoms with Crippen molar-refractivity contribution in [3.05, 3.63) is 95.6 Å². The SMILES string of the molecule is COc1ccc(N(C(C)C)S(C)(=O)=O)cc1CNC1C2CCCCN(C2)C1C(c1ccccc1)c1ccccc1. The molecule has 1 N–H and O–H groups in total. The van der Waals surface area contributed by atoms with Crippen molar-refractivity contribution < 1.29 is 13.2 Å². The van der Waals surface area contributed by atoms with Gasteiger partial charge in [0.1, 0.15) is 5.75 Å². The first-order chi connectivity index (χ1) is 19.3. The van der Waals surface area contributed by atoms with Crippen LogP contribution in [0.3, 0.4) is 0 Å². The highest BCUT2D eigenvalue weighted by Gasteiger charge is 2.46. The monoisotopic (exact) mass is 561 g/mol. The first-order valence-electron chi connectivity index (χ1n) is 14.5. The number of hydrogen-bond acceptors (Lipinski definition) is 5. The molecule has 214 valence electrons. The average molecular weight is 562 g/mol. The average Bonchev–Trinajstić information content (AvgIpc) is 3.08. The molecule has 0 spiro atoms. The Morgan fingerprint density at radius 2 is 1.62 bits per heavy atom. The summed E-state index contributed by atoms with van der Waals surface area (Å²) in [5.74, 6) is 1.57. The summed E-state index contributed by atoms with van der Waals surface area (Å²) in [6.07, 6.45) is 4.98. The highest BCUT2D eigenvalue weighted by molar-refractivity contribution is 7.92. The molecule has 0 radical (unpaired) electrons. The van der Waals surface area contributed by atoms with E-state index in [0.717, 1.165) is 24.4 Å². The molecule has 4 atom stereocenters. The first-order valence-corrected chi connectivity index (χ1v) is 16.4. The van der Waals surface area contributed by atoms with E-state index in [4.69, 9.17) is 4.74 Å². The van der Waals surface area contributed by atoms with E-state index in [1.54, 1.807) is 7.11 Å². The van der Waals surface area contributed by atoms with Crippen LogP contribution in [-0.4, -0.2) is 57.9 Å². The number of fused-ring (bicyclic) bond motifs is 2. The van der Waals surface area contributed by atoms with E-state index in [1.165, 1.54) is 41.0 Å². The van der Waals surface area contributed by atoms with Gasteiger partial charge in [-0.2, -0.15) is 0 Å². The Morgan fingerprint density at radius 1 is 0.975 bits per heavy atom. The fraction of sp³-hybridized carbons (Fsp3) is 0.455. The standard InChI is InChI=1S/C33H43N3O3S/c1-24(2)36(40(4,37)38)29-18-19-30(39-3)28(21-29)22-34-32-27-17-11-12-20-35(23-27)33(32)31(25-13-7-5-8-14-25)26-15-9-6-10-16-26/h5-10,13-16,18-19,21,24,27,31-34H,11-12,17,20,22-23H2,1-4H3. The molecule has 3 aromatic rings. The Hall–Kier alpha value is -2.87. The Balaban J connectivity index is 1.50. The van der Waals surface area contributed by atoms with Crippen LogP contribution in [0.4, 0.5) is 5.69 Å². The van der Waals surface area contributed by atoms with Crippen LogP contribution in [-0.2, 0) is 16.6 Å². The van der Waals surface area contributed by atoms with Gasteiger partial charge in [0.15, 0.2) is 0 Å². The summed E-state index contributed by atoms with van der Waals surface area (Å²) >= 11 is 0. The highest BCUT2D eigenvalue weighted by atomic mass is 32.2. The Kier molecular flexibility index (Phi) is 8.83. The molecule has 4 unspecified atom stereocenters. The quantitative estimate of drug-likeness (QED) is 0.347. The summed E-state index contributed by atoms with van der Waals surface area (Å²) in [5.41, 5.74) is 4.33. The fourth-order valence-electron chi connectivity index (χ4n) is 7.03. The summed E-state index contributed by atoms with van der Waals surface area (Å²) in [4.78, 5) is 2.72. The molecule has 2 aliphatic rings. The van der Waals surface area contributed by atoms with E-state index >= 15 is 0 Å².